The molecule has 4 rings (SSSR count). The predicted octanol–water partition coefficient (Wildman–Crippen LogP) is 5.21. The van der Waals surface area contributed by atoms with Crippen molar-refractivity contribution in [3.8, 4) is 17.2 Å². The van der Waals surface area contributed by atoms with E-state index in [1.807, 2.05) is 31.2 Å². The van der Waals surface area contributed by atoms with E-state index < -0.39 is 0 Å². The van der Waals surface area contributed by atoms with Crippen LogP contribution in [0.1, 0.15) is 11.1 Å². The summed E-state index contributed by atoms with van der Waals surface area (Å²) in [5.74, 6) is 1.23. The molecule has 0 amide bonds. The fourth-order valence-electron chi connectivity index (χ4n) is 3.22. The number of hydrogen-bond acceptors (Lipinski definition) is 4. The second-order valence-electron chi connectivity index (χ2n) is 6.64. The summed E-state index contributed by atoms with van der Waals surface area (Å²) >= 11 is 6.21. The van der Waals surface area contributed by atoms with Gasteiger partial charge in [-0.1, -0.05) is 48.0 Å². The van der Waals surface area contributed by atoms with Gasteiger partial charge < -0.3 is 9.47 Å². The van der Waals surface area contributed by atoms with Crippen LogP contribution in [0.4, 0.5) is 0 Å². The lowest BCUT2D eigenvalue weighted by Crippen LogP contribution is -2.24. The highest BCUT2D eigenvalue weighted by atomic mass is 35.5. The Morgan fingerprint density at radius 1 is 1.00 bits per heavy atom. The van der Waals surface area contributed by atoms with Gasteiger partial charge in [0.15, 0.2) is 0 Å². The number of methoxy groups -OCH3 is 1. The van der Waals surface area contributed by atoms with Gasteiger partial charge in [-0.15, -0.1) is 0 Å². The van der Waals surface area contributed by atoms with Crippen molar-refractivity contribution in [2.75, 3.05) is 7.11 Å². The number of rotatable bonds is 5. The Morgan fingerprint density at radius 2 is 1.72 bits per heavy atom. The van der Waals surface area contributed by atoms with E-state index in [2.05, 4.69) is 17.2 Å². The number of aromatic nitrogens is 2. The summed E-state index contributed by atoms with van der Waals surface area (Å²) in [6.07, 6.45) is 1.43. The summed E-state index contributed by atoms with van der Waals surface area (Å²) in [5.41, 5.74) is 1.74. The van der Waals surface area contributed by atoms with Crippen LogP contribution < -0.4 is 15.0 Å². The van der Waals surface area contributed by atoms with E-state index in [1.165, 1.54) is 10.9 Å². The van der Waals surface area contributed by atoms with Crippen LogP contribution >= 0.6 is 11.6 Å². The molecule has 0 atom stereocenters. The second kappa shape index (κ2) is 7.97. The van der Waals surface area contributed by atoms with Crippen molar-refractivity contribution in [2.45, 2.75) is 13.5 Å². The minimum atomic E-state index is -0.388. The molecule has 29 heavy (non-hydrogen) atoms. The van der Waals surface area contributed by atoms with E-state index in [4.69, 9.17) is 21.1 Å². The normalized spacial score (nSPS) is 10.9. The summed E-state index contributed by atoms with van der Waals surface area (Å²) in [5, 5.41) is 6.59. The van der Waals surface area contributed by atoms with Crippen LogP contribution in [-0.4, -0.2) is 16.9 Å². The lowest BCUT2D eigenvalue weighted by Gasteiger charge is -2.13. The lowest BCUT2D eigenvalue weighted by molar-refractivity contribution is 0.412. The predicted molar refractivity (Wildman–Crippen MR) is 114 cm³/mol. The van der Waals surface area contributed by atoms with E-state index in [-0.39, 0.29) is 16.3 Å². The Bertz CT molecular complexity index is 1230. The number of halogens is 1. The quantitative estimate of drug-likeness (QED) is 0.456. The SMILES string of the molecule is COc1ccc(Oc2c(Cl)cnn(Cc3c(C)ccc4ccccc34)c2=O)cc1. The molecular weight excluding hydrogens is 388 g/mol. The first-order chi connectivity index (χ1) is 14.1. The first-order valence-electron chi connectivity index (χ1n) is 9.11. The van der Waals surface area contributed by atoms with Crippen LogP contribution in [0.5, 0.6) is 17.2 Å². The maximum atomic E-state index is 13.0. The van der Waals surface area contributed by atoms with Crippen molar-refractivity contribution >= 4 is 22.4 Å². The fourth-order valence-corrected chi connectivity index (χ4v) is 3.39. The van der Waals surface area contributed by atoms with E-state index in [0.717, 1.165) is 21.9 Å². The van der Waals surface area contributed by atoms with Gasteiger partial charge in [-0.2, -0.15) is 5.10 Å². The van der Waals surface area contributed by atoms with Gasteiger partial charge in [0.05, 0.1) is 19.9 Å². The largest absolute Gasteiger partial charge is 0.497 e. The lowest BCUT2D eigenvalue weighted by atomic mass is 10.00. The third-order valence-electron chi connectivity index (χ3n) is 4.82. The van der Waals surface area contributed by atoms with Crippen LogP contribution in [-0.2, 0) is 6.54 Å². The number of hydrogen-bond donors (Lipinski definition) is 0. The molecule has 3 aromatic carbocycles. The molecule has 0 saturated heterocycles. The molecule has 0 unspecified atom stereocenters. The summed E-state index contributed by atoms with van der Waals surface area (Å²) in [4.78, 5) is 13.0. The maximum Gasteiger partial charge on any atom is 0.311 e. The molecule has 4 aromatic rings. The van der Waals surface area contributed by atoms with Gasteiger partial charge in [0, 0.05) is 0 Å². The molecule has 5 nitrogen and oxygen atoms in total. The third-order valence-corrected chi connectivity index (χ3v) is 5.09. The number of aryl methyl sites for hydroxylation is 1. The minimum Gasteiger partial charge on any atom is -0.497 e. The molecule has 0 spiro atoms. The average molecular weight is 407 g/mol. The zero-order valence-electron chi connectivity index (χ0n) is 16.1. The van der Waals surface area contributed by atoms with Gasteiger partial charge in [0.2, 0.25) is 5.75 Å². The third kappa shape index (κ3) is 3.82. The van der Waals surface area contributed by atoms with Gasteiger partial charge in [-0.25, -0.2) is 4.68 Å². The summed E-state index contributed by atoms with van der Waals surface area (Å²) in [7, 11) is 1.59. The van der Waals surface area contributed by atoms with Crippen molar-refractivity contribution in [3.05, 3.63) is 93.4 Å². The van der Waals surface area contributed by atoms with Crippen LogP contribution in [0.15, 0.2) is 71.7 Å². The Balaban J connectivity index is 1.72. The molecule has 1 heterocycles. The van der Waals surface area contributed by atoms with Gasteiger partial charge in [0.1, 0.15) is 16.5 Å². The van der Waals surface area contributed by atoms with Gasteiger partial charge in [-0.05, 0) is 53.1 Å². The smallest absolute Gasteiger partial charge is 0.311 e. The number of nitrogens with zero attached hydrogens (tertiary/aromatic N) is 2. The van der Waals surface area contributed by atoms with Gasteiger partial charge in [-0.3, -0.25) is 4.79 Å². The van der Waals surface area contributed by atoms with Crippen molar-refractivity contribution in [2.24, 2.45) is 0 Å². The van der Waals surface area contributed by atoms with Gasteiger partial charge >= 0.3 is 5.56 Å². The Morgan fingerprint density at radius 3 is 2.48 bits per heavy atom. The minimum absolute atomic E-state index is 0.0460. The fraction of sp³-hybridized carbons (Fsp3) is 0.130. The molecule has 0 aliphatic rings. The molecule has 1 aromatic heterocycles. The maximum absolute atomic E-state index is 13.0. The van der Waals surface area contributed by atoms with E-state index in [0.29, 0.717) is 18.0 Å². The second-order valence-corrected chi connectivity index (χ2v) is 7.05. The molecule has 0 aliphatic carbocycles. The zero-order chi connectivity index (χ0) is 20.4. The average Bonchev–Trinajstić information content (AvgIpc) is 2.75. The van der Waals surface area contributed by atoms with Crippen molar-refractivity contribution in [1.82, 2.24) is 9.78 Å². The van der Waals surface area contributed by atoms with Gasteiger partial charge in [0.25, 0.3) is 0 Å². The highest BCUT2D eigenvalue weighted by Gasteiger charge is 2.15. The first-order valence-corrected chi connectivity index (χ1v) is 9.49. The number of benzene rings is 3. The summed E-state index contributed by atoms with van der Waals surface area (Å²) in [6.45, 7) is 2.35. The Labute approximate surface area is 173 Å². The molecule has 0 radical (unpaired) electrons. The van der Waals surface area contributed by atoms with Crippen LogP contribution in [0.3, 0.4) is 0 Å². The number of fused-ring (bicyclic) bond motifs is 1. The highest BCUT2D eigenvalue weighted by Crippen LogP contribution is 2.27. The van der Waals surface area contributed by atoms with Crippen molar-refractivity contribution in [1.29, 1.82) is 0 Å². The molecule has 146 valence electrons. The molecule has 0 aliphatic heterocycles. The van der Waals surface area contributed by atoms with E-state index >= 15 is 0 Å². The molecule has 6 heteroatoms. The van der Waals surface area contributed by atoms with Crippen LogP contribution in [0.25, 0.3) is 10.8 Å². The molecule has 0 fully saturated rings. The summed E-state index contributed by atoms with van der Waals surface area (Å²) < 4.78 is 12.3. The van der Waals surface area contributed by atoms with Crippen molar-refractivity contribution < 1.29 is 9.47 Å². The van der Waals surface area contributed by atoms with E-state index in [1.54, 1.807) is 31.4 Å². The molecule has 0 saturated carbocycles. The van der Waals surface area contributed by atoms with Crippen LogP contribution in [0.2, 0.25) is 5.02 Å². The zero-order valence-corrected chi connectivity index (χ0v) is 16.8. The monoisotopic (exact) mass is 406 g/mol. The molecular formula is C23H19ClN2O3. The van der Waals surface area contributed by atoms with Crippen LogP contribution in [0, 0.1) is 6.92 Å². The Kier molecular flexibility index (Phi) is 5.23. The topological polar surface area (TPSA) is 53.4 Å². The summed E-state index contributed by atoms with van der Waals surface area (Å²) in [6, 6.07) is 19.1. The molecule has 0 bridgehead atoms. The first kappa shape index (κ1) is 19.0. The van der Waals surface area contributed by atoms with Crippen molar-refractivity contribution in [3.63, 3.8) is 0 Å². The Hall–Kier alpha value is -3.31. The highest BCUT2D eigenvalue weighted by molar-refractivity contribution is 6.31. The van der Waals surface area contributed by atoms with E-state index in [9.17, 15) is 4.79 Å². The molecule has 0 N–H and O–H groups in total. The standard InChI is InChI=1S/C23H19ClN2O3/c1-15-7-8-16-5-3-4-6-19(16)20(15)14-26-23(27)22(21(24)13-25-26)29-18-11-9-17(28-2)10-12-18/h3-13H,14H2,1-2H3. The number of ether oxygens (including phenoxy) is 2.